The maximum Gasteiger partial charge on any atom is 0.248 e. The average Bonchev–Trinajstić information content (AvgIpc) is 3.04. The molecule has 2 heterocycles. The van der Waals surface area contributed by atoms with E-state index in [2.05, 4.69) is 85.9 Å². The molecule has 3 aromatic rings. The van der Waals surface area contributed by atoms with Gasteiger partial charge in [-0.3, -0.25) is 0 Å². The summed E-state index contributed by atoms with van der Waals surface area (Å²) < 4.78 is 3.01. The smallest absolute Gasteiger partial charge is 0.248 e. The van der Waals surface area contributed by atoms with Gasteiger partial charge in [-0.2, -0.15) is 4.68 Å². The second-order valence-electron chi connectivity index (χ2n) is 5.01. The lowest BCUT2D eigenvalue weighted by Gasteiger charge is -2.23. The van der Waals surface area contributed by atoms with Gasteiger partial charge in [0, 0.05) is 9.27 Å². The Balaban J connectivity index is 1.81. The molecule has 0 amide bonds. The molecule has 0 aliphatic carbocycles. The number of fused-ring (bicyclic) bond motifs is 1. The molecule has 0 fully saturated rings. The molecule has 0 radical (unpaired) electrons. The Morgan fingerprint density at radius 1 is 1.00 bits per heavy atom. The summed E-state index contributed by atoms with van der Waals surface area (Å²) in [5.41, 5.74) is 3.30. The van der Waals surface area contributed by atoms with Crippen molar-refractivity contribution in [1.82, 2.24) is 20.2 Å². The van der Waals surface area contributed by atoms with Gasteiger partial charge in [-0.05, 0) is 62.4 Å². The number of anilines is 1. The number of aromatic nitrogens is 4. The minimum Gasteiger partial charge on any atom is -0.323 e. The Bertz CT molecular complexity index is 823. The van der Waals surface area contributed by atoms with Crippen LogP contribution >= 0.6 is 22.6 Å². The summed E-state index contributed by atoms with van der Waals surface area (Å²) in [5.74, 6) is 0.657. The summed E-state index contributed by atoms with van der Waals surface area (Å²) in [4.78, 5) is 0. The normalized spacial score (nSPS) is 16.6. The quantitative estimate of drug-likeness (QED) is 0.670. The van der Waals surface area contributed by atoms with Crippen LogP contribution in [0.1, 0.15) is 17.2 Å². The highest BCUT2D eigenvalue weighted by Gasteiger charge is 2.23. The van der Waals surface area contributed by atoms with Crippen molar-refractivity contribution in [2.75, 3.05) is 5.32 Å². The van der Waals surface area contributed by atoms with Crippen LogP contribution in [0.5, 0.6) is 0 Å². The zero-order chi connectivity index (χ0) is 14.9. The number of hydrogen-bond acceptors (Lipinski definition) is 4. The summed E-state index contributed by atoms with van der Waals surface area (Å²) in [6, 6.07) is 18.6. The molecule has 1 aromatic heterocycles. The Hall–Kier alpha value is -2.22. The van der Waals surface area contributed by atoms with E-state index in [1.807, 2.05) is 18.2 Å². The van der Waals surface area contributed by atoms with Crippen LogP contribution in [0.25, 0.3) is 5.70 Å². The molecule has 0 saturated heterocycles. The summed E-state index contributed by atoms with van der Waals surface area (Å²) >= 11 is 2.30. The van der Waals surface area contributed by atoms with Crippen LogP contribution in [0.3, 0.4) is 0 Å². The van der Waals surface area contributed by atoms with Gasteiger partial charge in [0.05, 0.1) is 0 Å². The van der Waals surface area contributed by atoms with E-state index < -0.39 is 0 Å². The molecule has 0 spiro atoms. The van der Waals surface area contributed by atoms with Gasteiger partial charge >= 0.3 is 0 Å². The predicted octanol–water partition coefficient (Wildman–Crippen LogP) is 3.33. The van der Waals surface area contributed by atoms with Crippen LogP contribution in [-0.2, 0) is 0 Å². The highest BCUT2D eigenvalue weighted by molar-refractivity contribution is 14.1. The van der Waals surface area contributed by atoms with Crippen molar-refractivity contribution in [2.24, 2.45) is 0 Å². The fraction of sp³-hybridized carbons (Fsp3) is 0.0625. The SMILES string of the molecule is Ic1ccc(C2=CC(c3ccccc3)n3nnnc3N2)cc1. The fourth-order valence-corrected chi connectivity index (χ4v) is 2.90. The zero-order valence-electron chi connectivity index (χ0n) is 11.5. The maximum atomic E-state index is 4.10. The first-order valence-electron chi connectivity index (χ1n) is 6.89. The Labute approximate surface area is 141 Å². The van der Waals surface area contributed by atoms with Gasteiger partial charge in [0.2, 0.25) is 5.95 Å². The van der Waals surface area contributed by atoms with Crippen molar-refractivity contribution in [1.29, 1.82) is 0 Å². The molecule has 1 aliphatic rings. The number of allylic oxidation sites excluding steroid dienone is 1. The summed E-state index contributed by atoms with van der Waals surface area (Å²) in [5, 5.41) is 15.3. The first-order valence-corrected chi connectivity index (χ1v) is 7.97. The third-order valence-electron chi connectivity index (χ3n) is 3.62. The molecule has 0 bridgehead atoms. The number of nitrogens with one attached hydrogen (secondary N) is 1. The topological polar surface area (TPSA) is 55.6 Å². The largest absolute Gasteiger partial charge is 0.323 e. The maximum absolute atomic E-state index is 4.10. The molecule has 1 N–H and O–H groups in total. The van der Waals surface area contributed by atoms with Crippen LogP contribution in [0.2, 0.25) is 0 Å². The molecule has 0 saturated carbocycles. The predicted molar refractivity (Wildman–Crippen MR) is 93.2 cm³/mol. The minimum atomic E-state index is -0.0123. The molecular formula is C16H12IN5. The molecule has 1 unspecified atom stereocenters. The van der Waals surface area contributed by atoms with Gasteiger partial charge in [0.15, 0.2) is 0 Å². The monoisotopic (exact) mass is 401 g/mol. The Morgan fingerprint density at radius 2 is 1.77 bits per heavy atom. The first-order chi connectivity index (χ1) is 10.8. The van der Waals surface area contributed by atoms with Gasteiger partial charge in [-0.15, -0.1) is 0 Å². The van der Waals surface area contributed by atoms with E-state index in [1.165, 1.54) is 3.57 Å². The van der Waals surface area contributed by atoms with Crippen molar-refractivity contribution in [3.63, 3.8) is 0 Å². The van der Waals surface area contributed by atoms with Crippen LogP contribution in [0.4, 0.5) is 5.95 Å². The van der Waals surface area contributed by atoms with E-state index >= 15 is 0 Å². The van der Waals surface area contributed by atoms with Crippen molar-refractivity contribution < 1.29 is 0 Å². The van der Waals surface area contributed by atoms with E-state index in [1.54, 1.807) is 4.68 Å². The van der Waals surface area contributed by atoms with Crippen LogP contribution in [0.15, 0.2) is 60.7 Å². The highest BCUT2D eigenvalue weighted by atomic mass is 127. The van der Waals surface area contributed by atoms with Crippen molar-refractivity contribution in [3.05, 3.63) is 75.4 Å². The van der Waals surface area contributed by atoms with Gasteiger partial charge < -0.3 is 5.32 Å². The molecular weight excluding hydrogens is 389 g/mol. The minimum absolute atomic E-state index is 0.0123. The van der Waals surface area contributed by atoms with Gasteiger partial charge in [-0.1, -0.05) is 47.6 Å². The molecule has 22 heavy (non-hydrogen) atoms. The molecule has 108 valence electrons. The van der Waals surface area contributed by atoms with Gasteiger partial charge in [-0.25, -0.2) is 0 Å². The Kier molecular flexibility index (Phi) is 3.38. The molecule has 4 rings (SSSR count). The van der Waals surface area contributed by atoms with Crippen molar-refractivity contribution in [3.8, 4) is 0 Å². The second kappa shape index (κ2) is 5.53. The molecule has 1 aliphatic heterocycles. The van der Waals surface area contributed by atoms with E-state index in [4.69, 9.17) is 0 Å². The number of benzene rings is 2. The average molecular weight is 401 g/mol. The third kappa shape index (κ3) is 2.39. The Morgan fingerprint density at radius 3 is 2.55 bits per heavy atom. The van der Waals surface area contributed by atoms with Gasteiger partial charge in [0.1, 0.15) is 6.04 Å². The van der Waals surface area contributed by atoms with Crippen LogP contribution < -0.4 is 5.32 Å². The number of rotatable bonds is 2. The van der Waals surface area contributed by atoms with Crippen LogP contribution in [-0.4, -0.2) is 20.2 Å². The lowest BCUT2D eigenvalue weighted by atomic mass is 10.0. The first kappa shape index (κ1) is 13.4. The number of halogens is 1. The van der Waals surface area contributed by atoms with E-state index in [-0.39, 0.29) is 6.04 Å². The number of nitrogens with zero attached hydrogens (tertiary/aromatic N) is 4. The lowest BCUT2D eigenvalue weighted by molar-refractivity contribution is 0.586. The van der Waals surface area contributed by atoms with E-state index in [0.717, 1.165) is 16.8 Å². The van der Waals surface area contributed by atoms with E-state index in [0.29, 0.717) is 5.95 Å². The van der Waals surface area contributed by atoms with Gasteiger partial charge in [0.25, 0.3) is 0 Å². The zero-order valence-corrected chi connectivity index (χ0v) is 13.7. The highest BCUT2D eigenvalue weighted by Crippen LogP contribution is 2.31. The van der Waals surface area contributed by atoms with Crippen molar-refractivity contribution in [2.45, 2.75) is 6.04 Å². The second-order valence-corrected chi connectivity index (χ2v) is 6.26. The standard InChI is InChI=1S/C16H12IN5/c17-13-8-6-11(7-9-13)14-10-15(12-4-2-1-3-5-12)22-16(18-14)19-20-21-22/h1-10,15H,(H,18,19,21). The summed E-state index contributed by atoms with van der Waals surface area (Å²) in [7, 11) is 0. The number of tetrazole rings is 1. The lowest BCUT2D eigenvalue weighted by Crippen LogP contribution is -2.20. The summed E-state index contributed by atoms with van der Waals surface area (Å²) in [6.45, 7) is 0. The molecule has 6 heteroatoms. The van der Waals surface area contributed by atoms with Crippen LogP contribution in [0, 0.1) is 3.57 Å². The molecule has 5 nitrogen and oxygen atoms in total. The fourth-order valence-electron chi connectivity index (χ4n) is 2.54. The summed E-state index contributed by atoms with van der Waals surface area (Å²) in [6.07, 6.45) is 2.15. The molecule has 2 aromatic carbocycles. The third-order valence-corrected chi connectivity index (χ3v) is 4.34. The molecule has 1 atom stereocenters. The van der Waals surface area contributed by atoms with Crippen molar-refractivity contribution >= 4 is 34.2 Å². The van der Waals surface area contributed by atoms with E-state index in [9.17, 15) is 0 Å². The number of hydrogen-bond donors (Lipinski definition) is 1.